The number of methoxy groups -OCH3 is 1. The van der Waals surface area contributed by atoms with Gasteiger partial charge in [-0.2, -0.15) is 5.10 Å². The van der Waals surface area contributed by atoms with Gasteiger partial charge in [-0.15, -0.1) is 0 Å². The van der Waals surface area contributed by atoms with Crippen molar-refractivity contribution >= 4 is 38.8 Å². The summed E-state index contributed by atoms with van der Waals surface area (Å²) in [5.41, 5.74) is 3.88. The van der Waals surface area contributed by atoms with E-state index in [0.29, 0.717) is 23.7 Å². The summed E-state index contributed by atoms with van der Waals surface area (Å²) in [5.74, 6) is 0.959. The van der Waals surface area contributed by atoms with E-state index >= 15 is 0 Å². The molecular weight excluding hydrogens is 408 g/mol. The molecule has 0 saturated heterocycles. The summed E-state index contributed by atoms with van der Waals surface area (Å²) in [4.78, 5) is 12.3. The first-order valence-corrected chi connectivity index (χ1v) is 9.24. The molecule has 0 heterocycles. The standard InChI is InChI=1S/C21H19BrN2O3/c1-3-27-19-11-14(10-18(22)20(19)26-2)13-23-24-21(25)17-9-8-15-6-4-5-7-16(15)12-17/h4-13H,3H2,1-2H3,(H,24,25)/b23-13-. The van der Waals surface area contributed by atoms with Gasteiger partial charge in [0.05, 0.1) is 24.4 Å². The number of carbonyl (C=O) groups excluding carboxylic acids is 1. The van der Waals surface area contributed by atoms with Crippen LogP contribution in [-0.2, 0) is 0 Å². The first kappa shape index (κ1) is 18.9. The molecule has 1 amide bonds. The van der Waals surface area contributed by atoms with E-state index in [1.807, 2.05) is 49.4 Å². The Kier molecular flexibility index (Phi) is 6.08. The van der Waals surface area contributed by atoms with Crippen LogP contribution in [0.2, 0.25) is 0 Å². The van der Waals surface area contributed by atoms with E-state index in [1.54, 1.807) is 25.5 Å². The molecule has 0 radical (unpaired) electrons. The van der Waals surface area contributed by atoms with Crippen molar-refractivity contribution in [1.29, 1.82) is 0 Å². The number of benzene rings is 3. The number of hydrazone groups is 1. The maximum Gasteiger partial charge on any atom is 0.271 e. The van der Waals surface area contributed by atoms with Gasteiger partial charge < -0.3 is 9.47 Å². The van der Waals surface area contributed by atoms with Gasteiger partial charge in [-0.1, -0.05) is 30.3 Å². The van der Waals surface area contributed by atoms with Gasteiger partial charge in [0, 0.05) is 5.56 Å². The molecule has 0 bridgehead atoms. The second kappa shape index (κ2) is 8.68. The van der Waals surface area contributed by atoms with E-state index in [9.17, 15) is 4.79 Å². The predicted molar refractivity (Wildman–Crippen MR) is 111 cm³/mol. The molecule has 0 atom stereocenters. The Bertz CT molecular complexity index is 1000. The zero-order chi connectivity index (χ0) is 19.2. The molecule has 3 aromatic carbocycles. The van der Waals surface area contributed by atoms with E-state index in [2.05, 4.69) is 26.5 Å². The van der Waals surface area contributed by atoms with Crippen LogP contribution in [0.5, 0.6) is 11.5 Å². The molecule has 0 aromatic heterocycles. The van der Waals surface area contributed by atoms with Gasteiger partial charge in [0.25, 0.3) is 5.91 Å². The van der Waals surface area contributed by atoms with Gasteiger partial charge in [0.2, 0.25) is 0 Å². The van der Waals surface area contributed by atoms with Crippen LogP contribution < -0.4 is 14.9 Å². The molecule has 0 fully saturated rings. The van der Waals surface area contributed by atoms with Gasteiger partial charge in [0.15, 0.2) is 11.5 Å². The van der Waals surface area contributed by atoms with E-state index in [-0.39, 0.29) is 5.91 Å². The van der Waals surface area contributed by atoms with E-state index in [4.69, 9.17) is 9.47 Å². The Morgan fingerprint density at radius 3 is 2.67 bits per heavy atom. The zero-order valence-electron chi connectivity index (χ0n) is 15.0. The number of carbonyl (C=O) groups is 1. The van der Waals surface area contributed by atoms with Gasteiger partial charge in [-0.05, 0) is 63.5 Å². The lowest BCUT2D eigenvalue weighted by Crippen LogP contribution is -2.17. The summed E-state index contributed by atoms with van der Waals surface area (Å²) in [6, 6.07) is 17.1. The lowest BCUT2D eigenvalue weighted by atomic mass is 10.1. The van der Waals surface area contributed by atoms with Crippen molar-refractivity contribution in [2.75, 3.05) is 13.7 Å². The first-order valence-electron chi connectivity index (χ1n) is 8.45. The number of nitrogens with one attached hydrogen (secondary N) is 1. The minimum atomic E-state index is -0.269. The second-order valence-electron chi connectivity index (χ2n) is 5.73. The van der Waals surface area contributed by atoms with Crippen LogP contribution in [0.25, 0.3) is 10.8 Å². The smallest absolute Gasteiger partial charge is 0.271 e. The number of hydrogen-bond acceptors (Lipinski definition) is 4. The largest absolute Gasteiger partial charge is 0.492 e. The van der Waals surface area contributed by atoms with Crippen molar-refractivity contribution in [3.05, 3.63) is 70.2 Å². The average Bonchev–Trinajstić information content (AvgIpc) is 2.67. The van der Waals surface area contributed by atoms with Crippen LogP contribution in [0.15, 0.2) is 64.2 Å². The molecule has 0 unspecified atom stereocenters. The Balaban J connectivity index is 1.75. The average molecular weight is 427 g/mol. The van der Waals surface area contributed by atoms with Crippen molar-refractivity contribution in [3.63, 3.8) is 0 Å². The maximum atomic E-state index is 12.3. The van der Waals surface area contributed by atoms with Crippen LogP contribution >= 0.6 is 15.9 Å². The van der Waals surface area contributed by atoms with Gasteiger partial charge in [-0.25, -0.2) is 5.43 Å². The van der Waals surface area contributed by atoms with Crippen LogP contribution in [0.3, 0.4) is 0 Å². The fourth-order valence-corrected chi connectivity index (χ4v) is 3.31. The third-order valence-corrected chi connectivity index (χ3v) is 4.52. The highest BCUT2D eigenvalue weighted by atomic mass is 79.9. The summed E-state index contributed by atoms with van der Waals surface area (Å²) >= 11 is 3.45. The van der Waals surface area contributed by atoms with E-state index < -0.39 is 0 Å². The molecule has 6 heteroatoms. The molecular formula is C21H19BrN2O3. The third-order valence-electron chi connectivity index (χ3n) is 3.93. The minimum Gasteiger partial charge on any atom is -0.492 e. The highest BCUT2D eigenvalue weighted by Gasteiger charge is 2.10. The Morgan fingerprint density at radius 2 is 1.93 bits per heavy atom. The fourth-order valence-electron chi connectivity index (χ4n) is 2.68. The second-order valence-corrected chi connectivity index (χ2v) is 6.58. The van der Waals surface area contributed by atoms with Crippen molar-refractivity contribution in [1.82, 2.24) is 5.43 Å². The SMILES string of the molecule is CCOc1cc(/C=N\NC(=O)c2ccc3ccccc3c2)cc(Br)c1OC. The number of rotatable bonds is 6. The molecule has 138 valence electrons. The highest BCUT2D eigenvalue weighted by molar-refractivity contribution is 9.10. The molecule has 27 heavy (non-hydrogen) atoms. The summed E-state index contributed by atoms with van der Waals surface area (Å²) in [6.45, 7) is 2.42. The molecule has 3 aromatic rings. The van der Waals surface area contributed by atoms with Gasteiger partial charge in [0.1, 0.15) is 0 Å². The molecule has 0 aliphatic carbocycles. The highest BCUT2D eigenvalue weighted by Crippen LogP contribution is 2.36. The van der Waals surface area contributed by atoms with Crippen LogP contribution in [0.1, 0.15) is 22.8 Å². The number of fused-ring (bicyclic) bond motifs is 1. The molecule has 3 rings (SSSR count). The summed E-state index contributed by atoms with van der Waals surface area (Å²) in [6.07, 6.45) is 1.56. The van der Waals surface area contributed by atoms with Gasteiger partial charge >= 0.3 is 0 Å². The Morgan fingerprint density at radius 1 is 1.15 bits per heavy atom. The number of halogens is 1. The van der Waals surface area contributed by atoms with Crippen molar-refractivity contribution in [2.24, 2.45) is 5.10 Å². The van der Waals surface area contributed by atoms with Crippen LogP contribution in [0, 0.1) is 0 Å². The molecule has 0 saturated carbocycles. The van der Waals surface area contributed by atoms with Crippen molar-refractivity contribution in [3.8, 4) is 11.5 Å². The monoisotopic (exact) mass is 426 g/mol. The van der Waals surface area contributed by atoms with Crippen molar-refractivity contribution in [2.45, 2.75) is 6.92 Å². The Labute approximate surface area is 166 Å². The molecule has 1 N–H and O–H groups in total. The van der Waals surface area contributed by atoms with Gasteiger partial charge in [-0.3, -0.25) is 4.79 Å². The van der Waals surface area contributed by atoms with Crippen LogP contribution in [0.4, 0.5) is 0 Å². The molecule has 0 spiro atoms. The Hall–Kier alpha value is -2.86. The predicted octanol–water partition coefficient (Wildman–Crippen LogP) is 4.77. The number of nitrogens with zero attached hydrogens (tertiary/aromatic N) is 1. The molecule has 0 aliphatic heterocycles. The minimum absolute atomic E-state index is 0.269. The zero-order valence-corrected chi connectivity index (χ0v) is 16.6. The third kappa shape index (κ3) is 4.46. The lowest BCUT2D eigenvalue weighted by molar-refractivity contribution is 0.0955. The number of hydrogen-bond donors (Lipinski definition) is 1. The van der Waals surface area contributed by atoms with E-state index in [0.717, 1.165) is 20.8 Å². The molecule has 5 nitrogen and oxygen atoms in total. The lowest BCUT2D eigenvalue weighted by Gasteiger charge is -2.11. The summed E-state index contributed by atoms with van der Waals surface area (Å²) in [5, 5.41) is 6.15. The van der Waals surface area contributed by atoms with Crippen molar-refractivity contribution < 1.29 is 14.3 Å². The van der Waals surface area contributed by atoms with E-state index in [1.165, 1.54) is 0 Å². The van der Waals surface area contributed by atoms with Crippen LogP contribution in [-0.4, -0.2) is 25.8 Å². The summed E-state index contributed by atoms with van der Waals surface area (Å²) in [7, 11) is 1.58. The summed E-state index contributed by atoms with van der Waals surface area (Å²) < 4.78 is 11.7. The maximum absolute atomic E-state index is 12.3. The molecule has 0 aliphatic rings. The topological polar surface area (TPSA) is 59.9 Å². The number of ether oxygens (including phenoxy) is 2. The fraction of sp³-hybridized carbons (Fsp3) is 0.143. The number of amides is 1. The first-order chi connectivity index (χ1) is 13.1. The quantitative estimate of drug-likeness (QED) is 0.455. The normalized spacial score (nSPS) is 10.9.